The number of piperidine rings is 1. The van der Waals surface area contributed by atoms with Gasteiger partial charge >= 0.3 is 0 Å². The average Bonchev–Trinajstić information content (AvgIpc) is 3.32. The molecule has 1 aliphatic rings. The molecule has 0 saturated carbocycles. The number of amides is 3. The summed E-state index contributed by atoms with van der Waals surface area (Å²) in [7, 11) is 0. The Morgan fingerprint density at radius 2 is 1.92 bits per heavy atom. The van der Waals surface area contributed by atoms with Crippen LogP contribution in [0.2, 0.25) is 0 Å². The summed E-state index contributed by atoms with van der Waals surface area (Å²) >= 11 is 0. The van der Waals surface area contributed by atoms with Crippen LogP contribution in [0.25, 0.3) is 11.3 Å². The van der Waals surface area contributed by atoms with Gasteiger partial charge in [-0.25, -0.2) is 13.8 Å². The van der Waals surface area contributed by atoms with Gasteiger partial charge in [-0.05, 0) is 57.1 Å². The maximum atomic E-state index is 14.2. The molecule has 3 atom stereocenters. The first kappa shape index (κ1) is 29.3. The molecule has 0 radical (unpaired) electrons. The minimum atomic E-state index is -1.05. The van der Waals surface area contributed by atoms with E-state index in [1.807, 2.05) is 27.7 Å². The second kappa shape index (κ2) is 12.5. The summed E-state index contributed by atoms with van der Waals surface area (Å²) in [6.45, 7) is 10.4. The molecular weight excluding hydrogens is 492 g/mol. The van der Waals surface area contributed by atoms with Gasteiger partial charge in [-0.1, -0.05) is 20.8 Å². The largest absolute Gasteiger partial charge is 0.345 e. The van der Waals surface area contributed by atoms with Crippen LogP contribution in [0.1, 0.15) is 85.0 Å². The topological polar surface area (TPSA) is 107 Å². The van der Waals surface area contributed by atoms with Gasteiger partial charge in [-0.15, -0.1) is 0 Å². The Hall–Kier alpha value is -3.30. The van der Waals surface area contributed by atoms with Gasteiger partial charge in [0.1, 0.15) is 23.5 Å². The SMILES string of the molecule is CC(NC(=O)C(CC(=O)N1CCCC[C@@H]1C)NC(=O)CCC(C)(C)C)c1ncc(-c2ccc(F)cc2F)[nH]1. The van der Waals surface area contributed by atoms with Crippen molar-refractivity contribution < 1.29 is 23.2 Å². The van der Waals surface area contributed by atoms with Gasteiger partial charge in [0.05, 0.1) is 24.4 Å². The van der Waals surface area contributed by atoms with E-state index in [-0.39, 0.29) is 41.7 Å². The van der Waals surface area contributed by atoms with Crippen LogP contribution in [0.15, 0.2) is 24.4 Å². The third kappa shape index (κ3) is 8.10. The third-order valence-corrected chi connectivity index (χ3v) is 6.84. The van der Waals surface area contributed by atoms with Crippen molar-refractivity contribution in [2.75, 3.05) is 6.54 Å². The molecule has 38 heavy (non-hydrogen) atoms. The molecule has 8 nitrogen and oxygen atoms in total. The lowest BCUT2D eigenvalue weighted by Gasteiger charge is -2.34. The first-order valence-electron chi connectivity index (χ1n) is 13.2. The average molecular weight is 532 g/mol. The van der Waals surface area contributed by atoms with E-state index in [2.05, 4.69) is 20.6 Å². The van der Waals surface area contributed by atoms with E-state index >= 15 is 0 Å². The molecule has 0 bridgehead atoms. The predicted molar refractivity (Wildman–Crippen MR) is 141 cm³/mol. The Bertz CT molecular complexity index is 1140. The van der Waals surface area contributed by atoms with E-state index in [4.69, 9.17) is 0 Å². The number of aromatic amines is 1. The van der Waals surface area contributed by atoms with Crippen molar-refractivity contribution in [3.05, 3.63) is 41.9 Å². The number of halogens is 2. The summed E-state index contributed by atoms with van der Waals surface area (Å²) in [6, 6.07) is 1.66. The molecule has 3 amide bonds. The van der Waals surface area contributed by atoms with E-state index < -0.39 is 29.6 Å². The molecule has 1 fully saturated rings. The summed E-state index contributed by atoms with van der Waals surface area (Å²) in [5.41, 5.74) is 0.428. The van der Waals surface area contributed by atoms with Crippen molar-refractivity contribution in [3.8, 4) is 11.3 Å². The van der Waals surface area contributed by atoms with Crippen LogP contribution in [-0.2, 0) is 14.4 Å². The molecular formula is C28H39F2N5O3. The molecule has 2 heterocycles. The Labute approximate surface area is 223 Å². The zero-order chi connectivity index (χ0) is 28.0. The zero-order valence-electron chi connectivity index (χ0n) is 22.9. The number of nitrogens with zero attached hydrogens (tertiary/aromatic N) is 2. The van der Waals surface area contributed by atoms with E-state index in [1.165, 1.54) is 12.3 Å². The molecule has 1 saturated heterocycles. The summed E-state index contributed by atoms with van der Waals surface area (Å²) < 4.78 is 27.5. The van der Waals surface area contributed by atoms with Gasteiger partial charge in [0.15, 0.2) is 0 Å². The summed E-state index contributed by atoms with van der Waals surface area (Å²) in [5.74, 6) is -2.04. The lowest BCUT2D eigenvalue weighted by Crippen LogP contribution is -2.51. The minimum Gasteiger partial charge on any atom is -0.345 e. The Morgan fingerprint density at radius 3 is 2.58 bits per heavy atom. The van der Waals surface area contributed by atoms with Crippen molar-refractivity contribution in [1.29, 1.82) is 0 Å². The zero-order valence-corrected chi connectivity index (χ0v) is 22.9. The lowest BCUT2D eigenvalue weighted by molar-refractivity contribution is -0.138. The molecule has 0 spiro atoms. The van der Waals surface area contributed by atoms with Crippen molar-refractivity contribution in [2.24, 2.45) is 5.41 Å². The molecule has 1 aromatic carbocycles. The van der Waals surface area contributed by atoms with Crippen molar-refractivity contribution in [3.63, 3.8) is 0 Å². The Morgan fingerprint density at radius 1 is 1.18 bits per heavy atom. The van der Waals surface area contributed by atoms with Crippen LogP contribution in [-0.4, -0.2) is 51.2 Å². The van der Waals surface area contributed by atoms with E-state index in [1.54, 1.807) is 11.8 Å². The van der Waals surface area contributed by atoms with Crippen molar-refractivity contribution in [1.82, 2.24) is 25.5 Å². The number of carbonyl (C=O) groups excluding carboxylic acids is 3. The molecule has 0 aliphatic carbocycles. The highest BCUT2D eigenvalue weighted by Gasteiger charge is 2.31. The monoisotopic (exact) mass is 531 g/mol. The number of likely N-dealkylation sites (tertiary alicyclic amines) is 1. The van der Waals surface area contributed by atoms with Gasteiger partial charge in [-0.2, -0.15) is 0 Å². The fraction of sp³-hybridized carbons (Fsp3) is 0.571. The van der Waals surface area contributed by atoms with E-state index in [0.717, 1.165) is 31.4 Å². The lowest BCUT2D eigenvalue weighted by atomic mass is 9.90. The van der Waals surface area contributed by atoms with Gasteiger partial charge in [0, 0.05) is 30.6 Å². The second-order valence-electron chi connectivity index (χ2n) is 11.4. The number of hydrogen-bond acceptors (Lipinski definition) is 4. The number of carbonyl (C=O) groups is 3. The van der Waals surface area contributed by atoms with Gasteiger partial charge in [0.25, 0.3) is 0 Å². The normalized spacial score (nSPS) is 17.6. The molecule has 208 valence electrons. The fourth-order valence-electron chi connectivity index (χ4n) is 4.51. The number of benzene rings is 1. The van der Waals surface area contributed by atoms with Crippen LogP contribution >= 0.6 is 0 Å². The number of nitrogens with one attached hydrogen (secondary N) is 3. The highest BCUT2D eigenvalue weighted by Crippen LogP contribution is 2.24. The number of H-pyrrole nitrogens is 1. The number of rotatable bonds is 9. The molecule has 10 heteroatoms. The van der Waals surface area contributed by atoms with Gasteiger partial charge < -0.3 is 20.5 Å². The Kier molecular flexibility index (Phi) is 9.62. The maximum Gasteiger partial charge on any atom is 0.243 e. The van der Waals surface area contributed by atoms with Crippen LogP contribution in [0.5, 0.6) is 0 Å². The van der Waals surface area contributed by atoms with E-state index in [9.17, 15) is 23.2 Å². The number of aromatic nitrogens is 2. The molecule has 2 unspecified atom stereocenters. The molecule has 3 N–H and O–H groups in total. The molecule has 2 aromatic rings. The number of imidazole rings is 1. The smallest absolute Gasteiger partial charge is 0.243 e. The standard InChI is InChI=1S/C28H39F2N5O3/c1-17-8-6-7-13-35(17)25(37)15-22(33-24(36)11-12-28(3,4)5)27(38)32-18(2)26-31-16-23(34-26)20-10-9-19(29)14-21(20)30/h9-10,14,16-18,22H,6-8,11-13,15H2,1-5H3,(H,31,34)(H,32,38)(H,33,36)/t17-,18?,22?/m0/s1. The quantitative estimate of drug-likeness (QED) is 0.438. The maximum absolute atomic E-state index is 14.2. The first-order chi connectivity index (χ1) is 17.8. The van der Waals surface area contributed by atoms with Crippen molar-refractivity contribution in [2.45, 2.75) is 91.3 Å². The summed E-state index contributed by atoms with van der Waals surface area (Å²) in [6.07, 6.45) is 5.01. The Balaban J connectivity index is 1.71. The fourth-order valence-corrected chi connectivity index (χ4v) is 4.51. The third-order valence-electron chi connectivity index (χ3n) is 6.84. The van der Waals surface area contributed by atoms with Crippen LogP contribution in [0.3, 0.4) is 0 Å². The van der Waals surface area contributed by atoms with Crippen LogP contribution in [0.4, 0.5) is 8.78 Å². The number of hydrogen-bond donors (Lipinski definition) is 3. The van der Waals surface area contributed by atoms with Gasteiger partial charge in [0.2, 0.25) is 17.7 Å². The summed E-state index contributed by atoms with van der Waals surface area (Å²) in [5, 5.41) is 5.57. The molecule has 1 aromatic heterocycles. The highest BCUT2D eigenvalue weighted by atomic mass is 19.1. The summed E-state index contributed by atoms with van der Waals surface area (Å²) in [4.78, 5) is 48.1. The van der Waals surface area contributed by atoms with Crippen LogP contribution < -0.4 is 10.6 Å². The van der Waals surface area contributed by atoms with Crippen LogP contribution in [0, 0.1) is 17.0 Å². The molecule has 3 rings (SSSR count). The van der Waals surface area contributed by atoms with E-state index in [0.29, 0.717) is 24.5 Å². The van der Waals surface area contributed by atoms with Gasteiger partial charge in [-0.3, -0.25) is 14.4 Å². The second-order valence-corrected chi connectivity index (χ2v) is 11.4. The van der Waals surface area contributed by atoms with Crippen molar-refractivity contribution >= 4 is 17.7 Å². The highest BCUT2D eigenvalue weighted by molar-refractivity contribution is 5.92. The minimum absolute atomic E-state index is 0.0519. The predicted octanol–water partition coefficient (Wildman–Crippen LogP) is 4.63. The first-order valence-corrected chi connectivity index (χ1v) is 13.2. The molecule has 1 aliphatic heterocycles.